The van der Waals surface area contributed by atoms with E-state index in [9.17, 15) is 14.4 Å². The van der Waals surface area contributed by atoms with Gasteiger partial charge in [-0.15, -0.1) is 0 Å². The Kier molecular flexibility index (Phi) is 5.98. The highest BCUT2D eigenvalue weighted by atomic mass is 16.2. The maximum absolute atomic E-state index is 12.7. The van der Waals surface area contributed by atoms with Gasteiger partial charge in [-0.05, 0) is 50.2 Å². The number of imide groups is 1. The molecule has 2 aromatic rings. The van der Waals surface area contributed by atoms with Gasteiger partial charge in [0.1, 0.15) is 0 Å². The van der Waals surface area contributed by atoms with E-state index in [1.54, 1.807) is 12.1 Å². The summed E-state index contributed by atoms with van der Waals surface area (Å²) in [6, 6.07) is 14.4. The number of hydrogen-bond acceptors (Lipinski definition) is 4. The lowest BCUT2D eigenvalue weighted by Crippen LogP contribution is -2.31. The van der Waals surface area contributed by atoms with Crippen molar-refractivity contribution in [3.05, 3.63) is 70.8 Å². The van der Waals surface area contributed by atoms with Gasteiger partial charge >= 0.3 is 0 Å². The standard InChI is InChI=1S/C21H23N3O3/c1-22-11-5-12-23-19(25)16-8-9-17-18(14-16)21(27)24(20(17)26)13-10-15-6-3-2-4-7-15/h2-4,6-9,14,22H,5,10-13H2,1H3,(H,23,25). The highest BCUT2D eigenvalue weighted by Gasteiger charge is 2.35. The third-order valence-electron chi connectivity index (χ3n) is 4.59. The van der Waals surface area contributed by atoms with E-state index in [1.165, 1.54) is 11.0 Å². The Hall–Kier alpha value is -2.99. The smallest absolute Gasteiger partial charge is 0.261 e. The van der Waals surface area contributed by atoms with E-state index in [2.05, 4.69) is 10.6 Å². The fraction of sp³-hybridized carbons (Fsp3) is 0.286. The average Bonchev–Trinajstić information content (AvgIpc) is 2.94. The van der Waals surface area contributed by atoms with Crippen molar-refractivity contribution in [1.29, 1.82) is 0 Å². The van der Waals surface area contributed by atoms with Crippen molar-refractivity contribution < 1.29 is 14.4 Å². The van der Waals surface area contributed by atoms with Crippen LogP contribution in [0, 0.1) is 0 Å². The summed E-state index contributed by atoms with van der Waals surface area (Å²) in [5.74, 6) is -0.875. The van der Waals surface area contributed by atoms with Crippen LogP contribution in [0.5, 0.6) is 0 Å². The van der Waals surface area contributed by atoms with E-state index < -0.39 is 0 Å². The van der Waals surface area contributed by atoms with Crippen LogP contribution in [0.3, 0.4) is 0 Å². The number of amides is 3. The molecule has 0 spiro atoms. The van der Waals surface area contributed by atoms with Crippen LogP contribution in [0.4, 0.5) is 0 Å². The molecule has 2 aromatic carbocycles. The van der Waals surface area contributed by atoms with Gasteiger partial charge in [0.25, 0.3) is 17.7 Å². The first-order valence-corrected chi connectivity index (χ1v) is 9.09. The molecule has 27 heavy (non-hydrogen) atoms. The fourth-order valence-corrected chi connectivity index (χ4v) is 3.09. The maximum atomic E-state index is 12.7. The lowest BCUT2D eigenvalue weighted by atomic mass is 10.1. The van der Waals surface area contributed by atoms with Crippen LogP contribution in [-0.2, 0) is 6.42 Å². The molecule has 0 saturated carbocycles. The maximum Gasteiger partial charge on any atom is 0.261 e. The second-order valence-corrected chi connectivity index (χ2v) is 6.47. The second kappa shape index (κ2) is 8.60. The number of nitrogens with zero attached hydrogens (tertiary/aromatic N) is 1. The molecule has 0 bridgehead atoms. The van der Waals surface area contributed by atoms with E-state index in [4.69, 9.17) is 0 Å². The van der Waals surface area contributed by atoms with Crippen LogP contribution in [0.1, 0.15) is 43.1 Å². The lowest BCUT2D eigenvalue weighted by Gasteiger charge is -2.13. The quantitative estimate of drug-likeness (QED) is 0.553. The largest absolute Gasteiger partial charge is 0.352 e. The van der Waals surface area contributed by atoms with Crippen molar-refractivity contribution in [1.82, 2.24) is 15.5 Å². The zero-order valence-corrected chi connectivity index (χ0v) is 15.3. The molecule has 1 aliphatic rings. The minimum absolute atomic E-state index is 0.239. The van der Waals surface area contributed by atoms with Gasteiger partial charge in [-0.3, -0.25) is 19.3 Å². The zero-order chi connectivity index (χ0) is 19.2. The van der Waals surface area contributed by atoms with Gasteiger partial charge in [-0.1, -0.05) is 30.3 Å². The molecule has 0 radical (unpaired) electrons. The van der Waals surface area contributed by atoms with Gasteiger partial charge in [0.05, 0.1) is 11.1 Å². The Morgan fingerprint density at radius 3 is 2.44 bits per heavy atom. The highest BCUT2D eigenvalue weighted by molar-refractivity contribution is 6.22. The Labute approximate surface area is 158 Å². The summed E-state index contributed by atoms with van der Waals surface area (Å²) in [7, 11) is 1.86. The first kappa shape index (κ1) is 18.8. The summed E-state index contributed by atoms with van der Waals surface area (Å²) < 4.78 is 0. The fourth-order valence-electron chi connectivity index (χ4n) is 3.09. The van der Waals surface area contributed by atoms with Crippen molar-refractivity contribution in [3.8, 4) is 0 Å². The summed E-state index contributed by atoms with van der Waals surface area (Å²) in [6.45, 7) is 1.68. The van der Waals surface area contributed by atoms with Crippen molar-refractivity contribution in [2.45, 2.75) is 12.8 Å². The number of hydrogen-bond donors (Lipinski definition) is 2. The number of nitrogens with one attached hydrogen (secondary N) is 2. The molecule has 3 amide bonds. The summed E-state index contributed by atoms with van der Waals surface area (Å²) in [6.07, 6.45) is 1.42. The van der Waals surface area contributed by atoms with Crippen molar-refractivity contribution in [3.63, 3.8) is 0 Å². The molecule has 0 saturated heterocycles. The highest BCUT2D eigenvalue weighted by Crippen LogP contribution is 2.24. The molecule has 6 nitrogen and oxygen atoms in total. The predicted molar refractivity (Wildman–Crippen MR) is 103 cm³/mol. The van der Waals surface area contributed by atoms with Crippen LogP contribution in [-0.4, -0.2) is 49.3 Å². The van der Waals surface area contributed by atoms with Gasteiger partial charge < -0.3 is 10.6 Å². The molecular formula is C21H23N3O3. The average molecular weight is 365 g/mol. The Balaban J connectivity index is 1.67. The van der Waals surface area contributed by atoms with Crippen molar-refractivity contribution in [2.75, 3.05) is 26.7 Å². The Morgan fingerprint density at radius 1 is 0.963 bits per heavy atom. The molecule has 0 aromatic heterocycles. The molecule has 0 aliphatic carbocycles. The van der Waals surface area contributed by atoms with Gasteiger partial charge in [0, 0.05) is 18.7 Å². The zero-order valence-electron chi connectivity index (χ0n) is 15.3. The Bertz CT molecular complexity index is 849. The van der Waals surface area contributed by atoms with Crippen LogP contribution >= 0.6 is 0 Å². The molecule has 1 heterocycles. The lowest BCUT2D eigenvalue weighted by molar-refractivity contribution is 0.0656. The van der Waals surface area contributed by atoms with Crippen LogP contribution < -0.4 is 10.6 Å². The van der Waals surface area contributed by atoms with Gasteiger partial charge in [-0.2, -0.15) is 0 Å². The van der Waals surface area contributed by atoms with E-state index in [-0.39, 0.29) is 17.7 Å². The molecule has 3 rings (SSSR count). The number of benzene rings is 2. The summed E-state index contributed by atoms with van der Waals surface area (Å²) >= 11 is 0. The molecular weight excluding hydrogens is 342 g/mol. The number of rotatable bonds is 8. The summed E-state index contributed by atoms with van der Waals surface area (Å²) in [5.41, 5.74) is 2.12. The molecule has 2 N–H and O–H groups in total. The topological polar surface area (TPSA) is 78.5 Å². The second-order valence-electron chi connectivity index (χ2n) is 6.47. The van der Waals surface area contributed by atoms with Gasteiger partial charge in [0.15, 0.2) is 0 Å². The van der Waals surface area contributed by atoms with Crippen LogP contribution in [0.25, 0.3) is 0 Å². The van der Waals surface area contributed by atoms with Crippen molar-refractivity contribution >= 4 is 17.7 Å². The van der Waals surface area contributed by atoms with E-state index in [0.29, 0.717) is 36.2 Å². The molecule has 0 fully saturated rings. The monoisotopic (exact) mass is 365 g/mol. The van der Waals surface area contributed by atoms with Crippen LogP contribution in [0.15, 0.2) is 48.5 Å². The van der Waals surface area contributed by atoms with E-state index in [1.807, 2.05) is 37.4 Å². The minimum atomic E-state index is -0.337. The van der Waals surface area contributed by atoms with E-state index >= 15 is 0 Å². The minimum Gasteiger partial charge on any atom is -0.352 e. The Morgan fingerprint density at radius 2 is 1.70 bits per heavy atom. The molecule has 0 atom stereocenters. The first-order valence-electron chi connectivity index (χ1n) is 9.09. The normalized spacial score (nSPS) is 13.0. The molecule has 6 heteroatoms. The van der Waals surface area contributed by atoms with Gasteiger partial charge in [0.2, 0.25) is 0 Å². The van der Waals surface area contributed by atoms with E-state index in [0.717, 1.165) is 18.5 Å². The third-order valence-corrected chi connectivity index (χ3v) is 4.59. The third kappa shape index (κ3) is 4.23. The summed E-state index contributed by atoms with van der Waals surface area (Å²) in [5, 5.41) is 5.84. The predicted octanol–water partition coefficient (Wildman–Crippen LogP) is 1.86. The number of fused-ring (bicyclic) bond motifs is 1. The summed E-state index contributed by atoms with van der Waals surface area (Å²) in [4.78, 5) is 38.7. The number of carbonyl (C=O) groups is 3. The van der Waals surface area contributed by atoms with Crippen molar-refractivity contribution in [2.24, 2.45) is 0 Å². The number of carbonyl (C=O) groups excluding carboxylic acids is 3. The first-order chi connectivity index (χ1) is 13.1. The van der Waals surface area contributed by atoms with Gasteiger partial charge in [-0.25, -0.2) is 0 Å². The van der Waals surface area contributed by atoms with Crippen LogP contribution in [0.2, 0.25) is 0 Å². The molecule has 1 aliphatic heterocycles. The molecule has 0 unspecified atom stereocenters. The SMILES string of the molecule is CNCCCNC(=O)c1ccc2c(c1)C(=O)N(CCc1ccccc1)C2=O. The molecule has 140 valence electrons.